The fraction of sp³-hybridized carbons (Fsp3) is 0. The molecular formula is C51H31N3O. The van der Waals surface area contributed by atoms with Gasteiger partial charge in [0.2, 0.25) is 0 Å². The van der Waals surface area contributed by atoms with Crippen molar-refractivity contribution >= 4 is 54.3 Å². The lowest BCUT2D eigenvalue weighted by Gasteiger charge is -2.14. The summed E-state index contributed by atoms with van der Waals surface area (Å²) in [6, 6.07) is 65.8. The molecule has 0 fully saturated rings. The number of aromatic nitrogens is 3. The Labute approximate surface area is 317 Å². The topological polar surface area (TPSA) is 51.8 Å². The normalized spacial score (nSPS) is 11.6. The molecule has 0 bridgehead atoms. The summed E-state index contributed by atoms with van der Waals surface area (Å²) in [4.78, 5) is 15.1. The van der Waals surface area contributed by atoms with Gasteiger partial charge in [0.25, 0.3) is 0 Å². The lowest BCUT2D eigenvalue weighted by molar-refractivity contribution is 0.669. The van der Waals surface area contributed by atoms with E-state index in [0.717, 1.165) is 55.3 Å². The zero-order valence-electron chi connectivity index (χ0n) is 29.6. The molecule has 4 heteroatoms. The first-order chi connectivity index (χ1) is 27.2. The van der Waals surface area contributed by atoms with Gasteiger partial charge in [-0.1, -0.05) is 170 Å². The molecule has 0 radical (unpaired) electrons. The maximum atomic E-state index is 6.17. The van der Waals surface area contributed by atoms with Crippen LogP contribution in [0.15, 0.2) is 192 Å². The molecule has 0 saturated carbocycles. The Hall–Kier alpha value is -7.43. The highest BCUT2D eigenvalue weighted by Crippen LogP contribution is 2.40. The molecule has 55 heavy (non-hydrogen) atoms. The van der Waals surface area contributed by atoms with Crippen molar-refractivity contribution in [3.63, 3.8) is 0 Å². The molecule has 0 unspecified atom stereocenters. The third-order valence-corrected chi connectivity index (χ3v) is 10.7. The Morgan fingerprint density at radius 3 is 1.51 bits per heavy atom. The Morgan fingerprint density at radius 1 is 0.291 bits per heavy atom. The van der Waals surface area contributed by atoms with Crippen LogP contribution in [0.4, 0.5) is 0 Å². The van der Waals surface area contributed by atoms with Crippen molar-refractivity contribution in [3.8, 4) is 56.4 Å². The van der Waals surface area contributed by atoms with Gasteiger partial charge in [0, 0.05) is 27.5 Å². The van der Waals surface area contributed by atoms with Gasteiger partial charge in [0.15, 0.2) is 17.5 Å². The summed E-state index contributed by atoms with van der Waals surface area (Å²) >= 11 is 0. The minimum atomic E-state index is 0.624. The van der Waals surface area contributed by atoms with E-state index in [-0.39, 0.29) is 0 Å². The van der Waals surface area contributed by atoms with E-state index in [1.54, 1.807) is 0 Å². The van der Waals surface area contributed by atoms with Gasteiger partial charge in [-0.15, -0.1) is 0 Å². The number of nitrogens with zero attached hydrogens (tertiary/aromatic N) is 3. The molecule has 11 aromatic rings. The molecule has 0 atom stereocenters. The Morgan fingerprint density at radius 2 is 0.800 bits per heavy atom. The molecule has 0 amide bonds. The van der Waals surface area contributed by atoms with Gasteiger partial charge in [-0.3, -0.25) is 0 Å². The first-order valence-electron chi connectivity index (χ1n) is 18.5. The van der Waals surface area contributed by atoms with Gasteiger partial charge in [-0.05, 0) is 72.8 Å². The van der Waals surface area contributed by atoms with Crippen LogP contribution in [0.3, 0.4) is 0 Å². The van der Waals surface area contributed by atoms with E-state index in [2.05, 4.69) is 133 Å². The SMILES string of the molecule is c1ccc(-c2nc(-c3ccc(-c4cc5ccc6ccccc6c5c5ccccc45)cc3)nc(-c3ccc(-c4cccc5oc6ccccc6c45)cc3)n2)cc1. The number of fused-ring (bicyclic) bond motifs is 8. The molecule has 0 aliphatic carbocycles. The van der Waals surface area contributed by atoms with E-state index in [0.29, 0.717) is 17.5 Å². The molecule has 0 aliphatic heterocycles. The summed E-state index contributed by atoms with van der Waals surface area (Å²) in [6.45, 7) is 0. The van der Waals surface area contributed by atoms with E-state index >= 15 is 0 Å². The third-order valence-electron chi connectivity index (χ3n) is 10.7. The second-order valence-electron chi connectivity index (χ2n) is 14.0. The van der Waals surface area contributed by atoms with Crippen molar-refractivity contribution in [3.05, 3.63) is 188 Å². The van der Waals surface area contributed by atoms with Crippen molar-refractivity contribution in [2.75, 3.05) is 0 Å². The Bertz CT molecular complexity index is 3240. The Balaban J connectivity index is 0.999. The van der Waals surface area contributed by atoms with Crippen LogP contribution in [-0.2, 0) is 0 Å². The minimum absolute atomic E-state index is 0.624. The summed E-state index contributed by atoms with van der Waals surface area (Å²) in [5.74, 6) is 1.89. The van der Waals surface area contributed by atoms with Crippen molar-refractivity contribution < 1.29 is 4.42 Å². The molecule has 0 N–H and O–H groups in total. The number of hydrogen-bond acceptors (Lipinski definition) is 4. The second kappa shape index (κ2) is 12.6. The van der Waals surface area contributed by atoms with Crippen LogP contribution in [0.2, 0.25) is 0 Å². The van der Waals surface area contributed by atoms with E-state index in [9.17, 15) is 0 Å². The highest BCUT2D eigenvalue weighted by atomic mass is 16.3. The van der Waals surface area contributed by atoms with E-state index < -0.39 is 0 Å². The quantitative estimate of drug-likeness (QED) is 0.168. The predicted molar refractivity (Wildman–Crippen MR) is 227 cm³/mol. The first-order valence-corrected chi connectivity index (χ1v) is 18.5. The fourth-order valence-electron chi connectivity index (χ4n) is 8.08. The van der Waals surface area contributed by atoms with Crippen molar-refractivity contribution in [1.29, 1.82) is 0 Å². The standard InChI is InChI=1S/C51H31N3O/c1-2-12-35(13-3-1)49-52-50(36-26-21-33(22-27-36)40-18-10-20-46-48(40)43-17-8-9-19-45(43)55-46)54-51(53-49)37-28-23-34(24-29-37)44-31-38-30-25-32-11-4-5-14-39(32)47(38)42-16-7-6-15-41(42)44/h1-31H. The largest absolute Gasteiger partial charge is 0.456 e. The van der Waals surface area contributed by atoms with Crippen molar-refractivity contribution in [1.82, 2.24) is 15.0 Å². The van der Waals surface area contributed by atoms with Crippen LogP contribution in [0, 0.1) is 0 Å². The molecule has 11 rings (SSSR count). The summed E-state index contributed by atoms with van der Waals surface area (Å²) in [5.41, 5.74) is 9.12. The van der Waals surface area contributed by atoms with Gasteiger partial charge in [0.1, 0.15) is 11.2 Å². The lowest BCUT2D eigenvalue weighted by atomic mass is 9.90. The van der Waals surface area contributed by atoms with Gasteiger partial charge < -0.3 is 4.42 Å². The maximum absolute atomic E-state index is 6.17. The molecule has 0 saturated heterocycles. The lowest BCUT2D eigenvalue weighted by Crippen LogP contribution is -2.00. The molecule has 0 spiro atoms. The number of hydrogen-bond donors (Lipinski definition) is 0. The number of benzene rings is 9. The fourth-order valence-corrected chi connectivity index (χ4v) is 8.08. The monoisotopic (exact) mass is 701 g/mol. The van der Waals surface area contributed by atoms with Crippen molar-refractivity contribution in [2.24, 2.45) is 0 Å². The molecular weight excluding hydrogens is 671 g/mol. The zero-order valence-corrected chi connectivity index (χ0v) is 29.6. The summed E-state index contributed by atoms with van der Waals surface area (Å²) in [6.07, 6.45) is 0. The van der Waals surface area contributed by atoms with E-state index in [1.165, 1.54) is 37.9 Å². The van der Waals surface area contributed by atoms with Crippen LogP contribution in [0.1, 0.15) is 0 Å². The molecule has 0 aliphatic rings. The van der Waals surface area contributed by atoms with Gasteiger partial charge in [-0.2, -0.15) is 0 Å². The highest BCUT2D eigenvalue weighted by molar-refractivity contribution is 6.23. The molecule has 4 nitrogen and oxygen atoms in total. The number of rotatable bonds is 5. The summed E-state index contributed by atoms with van der Waals surface area (Å²) in [7, 11) is 0. The molecule has 9 aromatic carbocycles. The number of para-hydroxylation sites is 1. The van der Waals surface area contributed by atoms with Crippen LogP contribution in [0.25, 0.3) is 111 Å². The molecule has 2 heterocycles. The smallest absolute Gasteiger partial charge is 0.164 e. The van der Waals surface area contributed by atoms with Crippen LogP contribution >= 0.6 is 0 Å². The van der Waals surface area contributed by atoms with E-state index in [1.807, 2.05) is 54.6 Å². The van der Waals surface area contributed by atoms with Gasteiger partial charge >= 0.3 is 0 Å². The van der Waals surface area contributed by atoms with Gasteiger partial charge in [-0.25, -0.2) is 15.0 Å². The third kappa shape index (κ3) is 5.26. The highest BCUT2D eigenvalue weighted by Gasteiger charge is 2.16. The average Bonchev–Trinajstić information content (AvgIpc) is 3.65. The van der Waals surface area contributed by atoms with E-state index in [4.69, 9.17) is 19.4 Å². The van der Waals surface area contributed by atoms with Crippen molar-refractivity contribution in [2.45, 2.75) is 0 Å². The zero-order chi connectivity index (χ0) is 36.3. The molecule has 256 valence electrons. The maximum Gasteiger partial charge on any atom is 0.164 e. The predicted octanol–water partition coefficient (Wildman–Crippen LogP) is 13.6. The first kappa shape index (κ1) is 31.1. The molecule has 2 aromatic heterocycles. The minimum Gasteiger partial charge on any atom is -0.456 e. The Kier molecular flexibility index (Phi) is 7.14. The van der Waals surface area contributed by atoms with Gasteiger partial charge in [0.05, 0.1) is 0 Å². The van der Waals surface area contributed by atoms with Crippen LogP contribution < -0.4 is 0 Å². The summed E-state index contributed by atoms with van der Waals surface area (Å²) in [5, 5.41) is 9.76. The second-order valence-corrected chi connectivity index (χ2v) is 14.0. The van der Waals surface area contributed by atoms with Crippen LogP contribution in [-0.4, -0.2) is 15.0 Å². The average molecular weight is 702 g/mol. The summed E-state index contributed by atoms with van der Waals surface area (Å²) < 4.78 is 6.17. The number of furan rings is 1. The van der Waals surface area contributed by atoms with Crippen LogP contribution in [0.5, 0.6) is 0 Å².